The molecule has 12 nitrogen and oxygen atoms in total. The van der Waals surface area contributed by atoms with Gasteiger partial charge in [-0.1, -0.05) is 39.2 Å². The van der Waals surface area contributed by atoms with Crippen LogP contribution in [0.3, 0.4) is 0 Å². The lowest BCUT2D eigenvalue weighted by Gasteiger charge is -2.37. The van der Waals surface area contributed by atoms with E-state index in [4.69, 9.17) is 0 Å². The van der Waals surface area contributed by atoms with Gasteiger partial charge in [0.1, 0.15) is 21.9 Å². The molecule has 0 aromatic carbocycles. The first-order chi connectivity index (χ1) is 20.4. The van der Waals surface area contributed by atoms with Crippen molar-refractivity contribution in [1.82, 2.24) is 26.2 Å². The van der Waals surface area contributed by atoms with Crippen LogP contribution in [0.2, 0.25) is 0 Å². The van der Waals surface area contributed by atoms with Crippen molar-refractivity contribution in [2.75, 3.05) is 25.1 Å². The van der Waals surface area contributed by atoms with E-state index in [1.807, 2.05) is 34.6 Å². The van der Waals surface area contributed by atoms with Crippen LogP contribution in [-0.2, 0) is 29.0 Å². The summed E-state index contributed by atoms with van der Waals surface area (Å²) < 4.78 is 22.9. The van der Waals surface area contributed by atoms with Crippen LogP contribution in [0, 0.1) is 23.2 Å². The van der Waals surface area contributed by atoms with E-state index >= 15 is 0 Å². The number of nitrogens with one attached hydrogen (secondary N) is 4. The van der Waals surface area contributed by atoms with Gasteiger partial charge in [0.25, 0.3) is 5.91 Å². The molecule has 0 aromatic heterocycles. The Balaban J connectivity index is 1.82. The number of likely N-dealkylation sites (tertiary alicyclic amines) is 1. The number of rotatable bonds is 13. The number of hydrogen-bond donors (Lipinski definition) is 4. The molecule has 13 heteroatoms. The number of carbonyl (C=O) groups is 5. The van der Waals surface area contributed by atoms with Crippen LogP contribution in [0.25, 0.3) is 0 Å². The molecule has 2 aliphatic carbocycles. The molecule has 3 rings (SSSR count). The summed E-state index contributed by atoms with van der Waals surface area (Å²) in [5.41, 5.74) is -0.699. The minimum Gasteiger partial charge on any atom is -0.348 e. The summed E-state index contributed by atoms with van der Waals surface area (Å²) in [6.45, 7) is 13.5. The van der Waals surface area contributed by atoms with Crippen molar-refractivity contribution in [3.63, 3.8) is 0 Å². The number of carbonyl (C=O) groups excluding carboxylic acids is 5. The largest absolute Gasteiger partial charge is 0.348 e. The minimum absolute atomic E-state index is 0.0619. The summed E-state index contributed by atoms with van der Waals surface area (Å²) in [5.74, 6) is -3.15. The zero-order valence-electron chi connectivity index (χ0n) is 27.0. The zero-order valence-corrected chi connectivity index (χ0v) is 27.8. The van der Waals surface area contributed by atoms with Crippen LogP contribution < -0.4 is 21.3 Å². The van der Waals surface area contributed by atoms with Crippen molar-refractivity contribution in [3.8, 4) is 0 Å². The lowest BCUT2D eigenvalue weighted by molar-refractivity contribution is -0.144. The summed E-state index contributed by atoms with van der Waals surface area (Å²) in [4.78, 5) is 68.4. The highest BCUT2D eigenvalue weighted by atomic mass is 32.2. The second-order valence-corrected chi connectivity index (χ2v) is 16.6. The van der Waals surface area contributed by atoms with Gasteiger partial charge in [-0.15, -0.1) is 6.58 Å². The zero-order chi connectivity index (χ0) is 33.0. The van der Waals surface area contributed by atoms with E-state index in [1.54, 1.807) is 11.0 Å². The SMILES string of the molecule is C=CCCC(NC(=O)C1C2C(CN1C(=O)C(NC(=O)NC(C)(C)C)C1CCCCC1)C2(C)C)C(=O)C(=O)NCCS(C)(=O)=O. The molecule has 44 heavy (non-hydrogen) atoms. The smallest absolute Gasteiger partial charge is 0.315 e. The second kappa shape index (κ2) is 14.0. The molecule has 0 bridgehead atoms. The predicted molar refractivity (Wildman–Crippen MR) is 167 cm³/mol. The Bertz CT molecular complexity index is 1240. The van der Waals surface area contributed by atoms with Gasteiger partial charge in [0, 0.05) is 24.9 Å². The summed E-state index contributed by atoms with van der Waals surface area (Å²) in [7, 11) is -3.35. The molecule has 0 aromatic rings. The summed E-state index contributed by atoms with van der Waals surface area (Å²) in [5, 5.41) is 10.9. The summed E-state index contributed by atoms with van der Waals surface area (Å²) in [6, 6.07) is -3.29. The van der Waals surface area contributed by atoms with Crippen molar-refractivity contribution in [2.24, 2.45) is 23.2 Å². The number of Topliss-reactive ketones (excluding diaryl/α,β-unsaturated/α-hetero) is 1. The average Bonchev–Trinajstić information content (AvgIpc) is 3.24. The summed E-state index contributed by atoms with van der Waals surface area (Å²) in [6.07, 6.45) is 7.63. The number of fused-ring (bicyclic) bond motifs is 1. The summed E-state index contributed by atoms with van der Waals surface area (Å²) >= 11 is 0. The van der Waals surface area contributed by atoms with Crippen molar-refractivity contribution < 1.29 is 32.4 Å². The first-order valence-electron chi connectivity index (χ1n) is 15.7. The number of ketones is 1. The number of allylic oxidation sites excluding steroid dienone is 1. The number of urea groups is 1. The maximum absolute atomic E-state index is 14.2. The Hall–Kier alpha value is -2.96. The molecular formula is C31H51N5O7S. The Morgan fingerprint density at radius 1 is 1.05 bits per heavy atom. The third kappa shape index (κ3) is 9.04. The maximum Gasteiger partial charge on any atom is 0.315 e. The number of piperidine rings is 1. The predicted octanol–water partition coefficient (Wildman–Crippen LogP) is 1.70. The van der Waals surface area contributed by atoms with E-state index in [0.29, 0.717) is 13.0 Å². The van der Waals surface area contributed by atoms with Gasteiger partial charge in [-0.3, -0.25) is 19.2 Å². The van der Waals surface area contributed by atoms with E-state index in [9.17, 15) is 32.4 Å². The number of hydrogen-bond acceptors (Lipinski definition) is 7. The quantitative estimate of drug-likeness (QED) is 0.176. The van der Waals surface area contributed by atoms with Gasteiger partial charge < -0.3 is 26.2 Å². The first-order valence-corrected chi connectivity index (χ1v) is 17.7. The van der Waals surface area contributed by atoms with E-state index in [1.165, 1.54) is 0 Å². The fourth-order valence-corrected chi connectivity index (χ4v) is 7.24. The normalized spacial score (nSPS) is 24.3. The van der Waals surface area contributed by atoms with Gasteiger partial charge in [0.2, 0.25) is 17.6 Å². The van der Waals surface area contributed by atoms with Gasteiger partial charge in [-0.25, -0.2) is 13.2 Å². The number of nitrogens with zero attached hydrogens (tertiary/aromatic N) is 1. The number of sulfone groups is 1. The topological polar surface area (TPSA) is 171 Å². The van der Waals surface area contributed by atoms with Gasteiger partial charge in [-0.2, -0.15) is 0 Å². The Labute approximate surface area is 261 Å². The van der Waals surface area contributed by atoms with E-state index < -0.39 is 57.1 Å². The van der Waals surface area contributed by atoms with Crippen molar-refractivity contribution in [3.05, 3.63) is 12.7 Å². The fourth-order valence-electron chi connectivity index (χ4n) is 6.76. The molecule has 2 saturated carbocycles. The Morgan fingerprint density at radius 2 is 1.68 bits per heavy atom. The van der Waals surface area contributed by atoms with Crippen LogP contribution in [0.1, 0.15) is 79.6 Å². The van der Waals surface area contributed by atoms with E-state index in [-0.39, 0.29) is 47.8 Å². The van der Waals surface area contributed by atoms with Crippen LogP contribution in [0.4, 0.5) is 4.79 Å². The van der Waals surface area contributed by atoms with Gasteiger partial charge in [0.15, 0.2) is 0 Å². The average molecular weight is 638 g/mol. The Morgan fingerprint density at radius 3 is 2.25 bits per heavy atom. The van der Waals surface area contributed by atoms with Crippen LogP contribution >= 0.6 is 0 Å². The molecule has 5 atom stereocenters. The highest BCUT2D eigenvalue weighted by Crippen LogP contribution is 2.65. The molecule has 3 fully saturated rings. The van der Waals surface area contributed by atoms with Crippen LogP contribution in [-0.4, -0.2) is 91.6 Å². The fraction of sp³-hybridized carbons (Fsp3) is 0.774. The third-order valence-electron chi connectivity index (χ3n) is 9.20. The molecule has 1 heterocycles. The molecule has 1 aliphatic heterocycles. The molecule has 1 saturated heterocycles. The third-order valence-corrected chi connectivity index (χ3v) is 10.1. The first kappa shape index (κ1) is 35.5. The molecular weight excluding hydrogens is 586 g/mol. The van der Waals surface area contributed by atoms with Crippen LogP contribution in [0.5, 0.6) is 0 Å². The molecule has 3 aliphatic rings. The van der Waals surface area contributed by atoms with Gasteiger partial charge in [0.05, 0.1) is 11.8 Å². The Kier molecular flexibility index (Phi) is 11.3. The molecule has 248 valence electrons. The molecule has 4 N–H and O–H groups in total. The van der Waals surface area contributed by atoms with Crippen molar-refractivity contribution in [2.45, 2.75) is 103 Å². The van der Waals surface area contributed by atoms with Gasteiger partial charge >= 0.3 is 6.03 Å². The van der Waals surface area contributed by atoms with Crippen LogP contribution in [0.15, 0.2) is 12.7 Å². The standard InChI is InChI=1S/C31H51N5O7S/c1-8-9-15-21(25(37)27(39)32-16-17-44(7,42)43)33-26(38)24-22-20(31(22,5)6)18-36(24)28(40)23(19-13-11-10-12-14-19)34-29(41)35-30(2,3)4/h8,19-24H,1,9-18H2,2-7H3,(H,32,39)(H,33,38)(H2,34,35,41). The van der Waals surface area contributed by atoms with E-state index in [2.05, 4.69) is 27.8 Å². The van der Waals surface area contributed by atoms with Gasteiger partial charge in [-0.05, 0) is 69.6 Å². The number of amides is 5. The lowest BCUT2D eigenvalue weighted by atomic mass is 9.83. The monoisotopic (exact) mass is 637 g/mol. The van der Waals surface area contributed by atoms with Crippen molar-refractivity contribution >= 4 is 39.4 Å². The van der Waals surface area contributed by atoms with Crippen molar-refractivity contribution in [1.29, 1.82) is 0 Å². The minimum atomic E-state index is -3.35. The second-order valence-electron chi connectivity index (χ2n) is 14.3. The molecule has 0 radical (unpaired) electrons. The maximum atomic E-state index is 14.2. The highest BCUT2D eigenvalue weighted by molar-refractivity contribution is 7.90. The lowest BCUT2D eigenvalue weighted by Crippen LogP contribution is -2.61. The molecule has 0 spiro atoms. The molecule has 5 unspecified atom stereocenters. The highest BCUT2D eigenvalue weighted by Gasteiger charge is 2.69. The molecule has 5 amide bonds. The van der Waals surface area contributed by atoms with E-state index in [0.717, 1.165) is 38.4 Å².